The highest BCUT2D eigenvalue weighted by molar-refractivity contribution is 7.15. The fourth-order valence-electron chi connectivity index (χ4n) is 2.90. The molecular formula is C16H17N7O2S. The Labute approximate surface area is 153 Å². The number of ether oxygens (including phenoxy) is 1. The summed E-state index contributed by atoms with van der Waals surface area (Å²) in [6.07, 6.45) is 3.41. The average molecular weight is 371 g/mol. The number of rotatable bonds is 4. The zero-order chi connectivity index (χ0) is 18.1. The molecule has 3 heterocycles. The molecule has 1 amide bonds. The number of hydrogen-bond donors (Lipinski definition) is 1. The Balaban J connectivity index is 1.62. The smallest absolute Gasteiger partial charge is 0.259 e. The third-order valence-electron chi connectivity index (χ3n) is 4.39. The molecule has 9 nitrogen and oxygen atoms in total. The first-order chi connectivity index (χ1) is 12.6. The third-order valence-corrected chi connectivity index (χ3v) is 5.32. The van der Waals surface area contributed by atoms with Gasteiger partial charge in [-0.2, -0.15) is 4.68 Å². The fraction of sp³-hybridized carbons (Fsp3) is 0.375. The molecule has 1 aromatic carbocycles. The quantitative estimate of drug-likeness (QED) is 0.749. The Morgan fingerprint density at radius 3 is 2.96 bits per heavy atom. The van der Waals surface area contributed by atoms with E-state index < -0.39 is 0 Å². The molecule has 10 heteroatoms. The highest BCUT2D eigenvalue weighted by Gasteiger charge is 2.23. The minimum atomic E-state index is -0.284. The van der Waals surface area contributed by atoms with Crippen LogP contribution in [0.25, 0.3) is 5.69 Å². The van der Waals surface area contributed by atoms with E-state index in [0.29, 0.717) is 16.4 Å². The molecule has 0 aliphatic carbocycles. The summed E-state index contributed by atoms with van der Waals surface area (Å²) in [5.74, 6) is -0.284. The molecule has 134 valence electrons. The maximum Gasteiger partial charge on any atom is 0.259 e. The van der Waals surface area contributed by atoms with Gasteiger partial charge in [-0.05, 0) is 54.3 Å². The van der Waals surface area contributed by atoms with Crippen LogP contribution in [-0.4, -0.2) is 42.9 Å². The largest absolute Gasteiger partial charge is 0.371 e. The van der Waals surface area contributed by atoms with Gasteiger partial charge in [0.2, 0.25) is 5.13 Å². The van der Waals surface area contributed by atoms with Crippen molar-refractivity contribution in [2.45, 2.75) is 32.8 Å². The van der Waals surface area contributed by atoms with Gasteiger partial charge in [0, 0.05) is 6.61 Å². The normalized spacial score (nSPS) is 16.8. The van der Waals surface area contributed by atoms with Gasteiger partial charge < -0.3 is 4.74 Å². The molecule has 3 aromatic rings. The minimum Gasteiger partial charge on any atom is -0.371 e. The lowest BCUT2D eigenvalue weighted by molar-refractivity contribution is 0.102. The van der Waals surface area contributed by atoms with E-state index in [1.165, 1.54) is 22.3 Å². The average Bonchev–Trinajstić information content (AvgIpc) is 3.39. The summed E-state index contributed by atoms with van der Waals surface area (Å²) in [6, 6.07) is 3.66. The van der Waals surface area contributed by atoms with Crippen molar-refractivity contribution in [1.29, 1.82) is 0 Å². The fourth-order valence-corrected chi connectivity index (χ4v) is 3.72. The first-order valence-electron chi connectivity index (χ1n) is 8.23. The summed E-state index contributed by atoms with van der Waals surface area (Å²) in [5.41, 5.74) is 3.09. The predicted molar refractivity (Wildman–Crippen MR) is 94.4 cm³/mol. The summed E-state index contributed by atoms with van der Waals surface area (Å²) < 4.78 is 7.10. The van der Waals surface area contributed by atoms with Crippen molar-refractivity contribution in [3.8, 4) is 5.69 Å². The molecule has 0 spiro atoms. The number of hydrogen-bond acceptors (Lipinski definition) is 8. The Hall–Kier alpha value is -2.72. The first kappa shape index (κ1) is 16.7. The molecule has 1 aliphatic heterocycles. The van der Waals surface area contributed by atoms with Crippen molar-refractivity contribution in [2.24, 2.45) is 0 Å². The second-order valence-electron chi connectivity index (χ2n) is 6.06. The molecule has 0 saturated carbocycles. The van der Waals surface area contributed by atoms with Gasteiger partial charge in [-0.1, -0.05) is 17.4 Å². The minimum absolute atomic E-state index is 0.0171. The van der Waals surface area contributed by atoms with E-state index in [0.717, 1.165) is 35.6 Å². The first-order valence-corrected chi connectivity index (χ1v) is 9.05. The van der Waals surface area contributed by atoms with Crippen molar-refractivity contribution in [3.63, 3.8) is 0 Å². The number of benzene rings is 1. The van der Waals surface area contributed by atoms with Crippen molar-refractivity contribution in [1.82, 2.24) is 30.4 Å². The van der Waals surface area contributed by atoms with Gasteiger partial charge in [0.05, 0.1) is 11.3 Å². The van der Waals surface area contributed by atoms with Crippen LogP contribution >= 0.6 is 11.3 Å². The molecule has 4 rings (SSSR count). The molecular weight excluding hydrogens is 354 g/mol. The molecule has 1 unspecified atom stereocenters. The number of amides is 1. The van der Waals surface area contributed by atoms with Gasteiger partial charge in [-0.15, -0.1) is 15.3 Å². The highest BCUT2D eigenvalue weighted by atomic mass is 32.1. The summed E-state index contributed by atoms with van der Waals surface area (Å²) in [5, 5.41) is 23.5. The van der Waals surface area contributed by atoms with Crippen LogP contribution in [0.15, 0.2) is 18.5 Å². The Kier molecular flexibility index (Phi) is 4.43. The number of nitrogens with one attached hydrogen (secondary N) is 1. The molecule has 1 fully saturated rings. The molecule has 26 heavy (non-hydrogen) atoms. The number of aryl methyl sites for hydroxylation is 1. The molecule has 1 saturated heterocycles. The summed E-state index contributed by atoms with van der Waals surface area (Å²) in [7, 11) is 0. The number of anilines is 1. The maximum absolute atomic E-state index is 12.8. The van der Waals surface area contributed by atoms with Gasteiger partial charge in [-0.25, -0.2) is 0 Å². The van der Waals surface area contributed by atoms with Crippen LogP contribution in [0, 0.1) is 13.8 Å². The van der Waals surface area contributed by atoms with Crippen molar-refractivity contribution >= 4 is 22.4 Å². The van der Waals surface area contributed by atoms with Crippen molar-refractivity contribution in [2.75, 3.05) is 11.9 Å². The zero-order valence-corrected chi connectivity index (χ0v) is 15.2. The molecule has 0 bridgehead atoms. The SMILES string of the molecule is Cc1ccc(C(=O)Nc2nnc(C3CCCO3)s2)c(-n2cnnn2)c1C. The maximum atomic E-state index is 12.8. The second kappa shape index (κ2) is 6.89. The van der Waals surface area contributed by atoms with Crippen molar-refractivity contribution < 1.29 is 9.53 Å². The Morgan fingerprint density at radius 1 is 1.35 bits per heavy atom. The zero-order valence-electron chi connectivity index (χ0n) is 14.3. The van der Waals surface area contributed by atoms with Crippen molar-refractivity contribution in [3.05, 3.63) is 40.2 Å². The lowest BCUT2D eigenvalue weighted by Gasteiger charge is -2.13. The van der Waals surface area contributed by atoms with Gasteiger partial charge in [0.15, 0.2) is 0 Å². The molecule has 1 atom stereocenters. The second-order valence-corrected chi connectivity index (χ2v) is 7.07. The lowest BCUT2D eigenvalue weighted by Crippen LogP contribution is -2.16. The van der Waals surface area contributed by atoms with Crippen LogP contribution in [0.1, 0.15) is 45.4 Å². The van der Waals surface area contributed by atoms with E-state index in [9.17, 15) is 4.79 Å². The van der Waals surface area contributed by atoms with Crippen LogP contribution in [0.5, 0.6) is 0 Å². The van der Waals surface area contributed by atoms with E-state index in [1.807, 2.05) is 19.9 Å². The molecule has 2 aromatic heterocycles. The third kappa shape index (κ3) is 3.08. The van der Waals surface area contributed by atoms with E-state index >= 15 is 0 Å². The van der Waals surface area contributed by atoms with Gasteiger partial charge in [0.1, 0.15) is 17.4 Å². The van der Waals surface area contributed by atoms with Gasteiger partial charge in [-0.3, -0.25) is 10.1 Å². The van der Waals surface area contributed by atoms with E-state index in [2.05, 4.69) is 31.0 Å². The van der Waals surface area contributed by atoms with E-state index in [-0.39, 0.29) is 12.0 Å². The predicted octanol–water partition coefficient (Wildman–Crippen LogP) is 2.23. The van der Waals surface area contributed by atoms with E-state index in [4.69, 9.17) is 4.74 Å². The van der Waals surface area contributed by atoms with E-state index in [1.54, 1.807) is 6.07 Å². The highest BCUT2D eigenvalue weighted by Crippen LogP contribution is 2.32. The van der Waals surface area contributed by atoms with Crippen LogP contribution in [0.3, 0.4) is 0 Å². The van der Waals surface area contributed by atoms with Crippen LogP contribution in [0.2, 0.25) is 0 Å². The molecule has 1 N–H and O–H groups in total. The Bertz CT molecular complexity index is 932. The molecule has 1 aliphatic rings. The lowest BCUT2D eigenvalue weighted by atomic mass is 10.0. The number of nitrogens with zero attached hydrogens (tertiary/aromatic N) is 6. The number of carbonyl (C=O) groups is 1. The Morgan fingerprint density at radius 2 is 2.23 bits per heavy atom. The topological polar surface area (TPSA) is 108 Å². The van der Waals surface area contributed by atoms with Crippen LogP contribution in [0.4, 0.5) is 5.13 Å². The number of carbonyl (C=O) groups excluding carboxylic acids is 1. The summed E-state index contributed by atoms with van der Waals surface area (Å²) >= 11 is 1.34. The van der Waals surface area contributed by atoms with Crippen LogP contribution in [-0.2, 0) is 4.74 Å². The van der Waals surface area contributed by atoms with Gasteiger partial charge in [0.25, 0.3) is 5.91 Å². The monoisotopic (exact) mass is 371 g/mol. The standard InChI is InChI=1S/C16H17N7O2S/c1-9-5-6-11(13(10(9)2)23-8-17-21-22-23)14(24)18-16-20-19-15(26-16)12-4-3-7-25-12/h5-6,8,12H,3-4,7H2,1-2H3,(H,18,20,24). The summed E-state index contributed by atoms with van der Waals surface area (Å²) in [6.45, 7) is 4.65. The summed E-state index contributed by atoms with van der Waals surface area (Å²) in [4.78, 5) is 12.8. The molecule has 0 radical (unpaired) electrons. The van der Waals surface area contributed by atoms with Gasteiger partial charge >= 0.3 is 0 Å². The number of aromatic nitrogens is 6. The number of tetrazole rings is 1. The van der Waals surface area contributed by atoms with Crippen LogP contribution < -0.4 is 5.32 Å².